The van der Waals surface area contributed by atoms with Gasteiger partial charge in [0.05, 0.1) is 7.11 Å². The summed E-state index contributed by atoms with van der Waals surface area (Å²) in [6, 6.07) is 8.32. The van der Waals surface area contributed by atoms with Gasteiger partial charge in [-0.15, -0.1) is 0 Å². The van der Waals surface area contributed by atoms with Gasteiger partial charge in [-0.2, -0.15) is 0 Å². The van der Waals surface area contributed by atoms with Crippen LogP contribution >= 0.6 is 0 Å². The molecule has 1 unspecified atom stereocenters. The molecule has 0 bridgehead atoms. The van der Waals surface area contributed by atoms with E-state index in [-0.39, 0.29) is 5.04 Å². The van der Waals surface area contributed by atoms with Crippen molar-refractivity contribution < 1.29 is 9.16 Å². The van der Waals surface area contributed by atoms with Crippen LogP contribution in [0.15, 0.2) is 24.3 Å². The molecule has 3 heteroatoms. The van der Waals surface area contributed by atoms with Gasteiger partial charge >= 0.3 is 0 Å². The second-order valence-electron chi connectivity index (χ2n) is 7.08. The number of methoxy groups -OCH3 is 1. The van der Waals surface area contributed by atoms with Crippen LogP contribution in [0.3, 0.4) is 0 Å². The third-order valence-electron chi connectivity index (χ3n) is 4.30. The van der Waals surface area contributed by atoms with Gasteiger partial charge in [-0.1, -0.05) is 32.9 Å². The summed E-state index contributed by atoms with van der Waals surface area (Å²) in [5.74, 6) is 0.916. The van der Waals surface area contributed by atoms with Crippen molar-refractivity contribution >= 4 is 8.32 Å². The monoisotopic (exact) mass is 294 g/mol. The zero-order valence-corrected chi connectivity index (χ0v) is 15.1. The predicted octanol–water partition coefficient (Wildman–Crippen LogP) is 5.04. The average molecular weight is 295 g/mol. The van der Waals surface area contributed by atoms with E-state index in [2.05, 4.69) is 52.9 Å². The zero-order chi connectivity index (χ0) is 15.4. The smallest absolute Gasteiger partial charge is 0.192 e. The lowest BCUT2D eigenvalue weighted by Crippen LogP contribution is -2.43. The molecule has 0 spiro atoms. The highest BCUT2D eigenvalue weighted by atomic mass is 28.4. The maximum absolute atomic E-state index is 6.38. The van der Waals surface area contributed by atoms with Crippen molar-refractivity contribution in [3.05, 3.63) is 29.8 Å². The Morgan fingerprint density at radius 2 is 1.65 bits per heavy atom. The molecule has 0 aliphatic rings. The lowest BCUT2D eigenvalue weighted by atomic mass is 10.1. The molecule has 20 heavy (non-hydrogen) atoms. The van der Waals surface area contributed by atoms with E-state index in [1.54, 1.807) is 7.11 Å². The minimum absolute atomic E-state index is 0.279. The molecule has 2 nitrogen and oxygen atoms in total. The first-order chi connectivity index (χ1) is 9.15. The van der Waals surface area contributed by atoms with Gasteiger partial charge in [-0.25, -0.2) is 0 Å². The second-order valence-corrected chi connectivity index (χ2v) is 11.8. The fourth-order valence-corrected chi connectivity index (χ4v) is 3.38. The van der Waals surface area contributed by atoms with E-state index in [4.69, 9.17) is 9.16 Å². The zero-order valence-electron chi connectivity index (χ0n) is 14.1. The van der Waals surface area contributed by atoms with Crippen LogP contribution in [0.4, 0.5) is 0 Å². The summed E-state index contributed by atoms with van der Waals surface area (Å²) in [7, 11) is 0.0576. The van der Waals surface area contributed by atoms with Crippen LogP contribution in [0.1, 0.15) is 39.7 Å². The summed E-state index contributed by atoms with van der Waals surface area (Å²) in [5, 5.41) is 0.279. The molecular formula is C17H30O2Si. The van der Waals surface area contributed by atoms with Crippen LogP contribution in [0.5, 0.6) is 5.75 Å². The Kier molecular flexibility index (Phi) is 5.84. The molecular weight excluding hydrogens is 264 g/mol. The van der Waals surface area contributed by atoms with Crippen LogP contribution in [0.25, 0.3) is 0 Å². The molecule has 0 aromatic heterocycles. The van der Waals surface area contributed by atoms with E-state index >= 15 is 0 Å². The lowest BCUT2D eigenvalue weighted by molar-refractivity contribution is 0.189. The van der Waals surface area contributed by atoms with Gasteiger partial charge in [0.25, 0.3) is 0 Å². The van der Waals surface area contributed by atoms with E-state index in [0.29, 0.717) is 6.10 Å². The number of aryl methyl sites for hydroxylation is 1. The number of ether oxygens (including phenoxy) is 1. The minimum Gasteiger partial charge on any atom is -0.497 e. The van der Waals surface area contributed by atoms with Crippen molar-refractivity contribution in [2.24, 2.45) is 0 Å². The molecule has 0 saturated heterocycles. The summed E-state index contributed by atoms with van der Waals surface area (Å²) < 4.78 is 11.6. The molecule has 1 aromatic rings. The van der Waals surface area contributed by atoms with Crippen LogP contribution in [0.2, 0.25) is 18.1 Å². The number of rotatable bonds is 6. The van der Waals surface area contributed by atoms with Gasteiger partial charge in [0, 0.05) is 6.10 Å². The SMILES string of the molecule is COc1ccc(CCC(C)O[Si](C)(C)C(C)(C)C)cc1. The Balaban J connectivity index is 2.48. The van der Waals surface area contributed by atoms with Gasteiger partial charge in [-0.05, 0) is 55.6 Å². The Hall–Kier alpha value is -0.803. The first-order valence-corrected chi connectivity index (χ1v) is 10.4. The summed E-state index contributed by atoms with van der Waals surface area (Å²) in [6.07, 6.45) is 2.44. The van der Waals surface area contributed by atoms with E-state index in [1.807, 2.05) is 12.1 Å². The molecule has 0 fully saturated rings. The Morgan fingerprint density at radius 1 is 1.10 bits per heavy atom. The van der Waals surface area contributed by atoms with Crippen molar-refractivity contribution in [3.63, 3.8) is 0 Å². The average Bonchev–Trinajstić information content (AvgIpc) is 2.35. The van der Waals surface area contributed by atoms with Gasteiger partial charge in [-0.3, -0.25) is 0 Å². The summed E-state index contributed by atoms with van der Waals surface area (Å²) >= 11 is 0. The molecule has 0 heterocycles. The Morgan fingerprint density at radius 3 is 2.10 bits per heavy atom. The summed E-state index contributed by atoms with van der Waals surface area (Å²) in [6.45, 7) is 13.7. The van der Waals surface area contributed by atoms with Gasteiger partial charge in [0.15, 0.2) is 8.32 Å². The van der Waals surface area contributed by atoms with Gasteiger partial charge in [0.2, 0.25) is 0 Å². The minimum atomic E-state index is -1.64. The van der Waals surface area contributed by atoms with Crippen molar-refractivity contribution in [1.82, 2.24) is 0 Å². The first kappa shape index (κ1) is 17.2. The molecule has 0 aliphatic carbocycles. The predicted molar refractivity (Wildman–Crippen MR) is 89.1 cm³/mol. The quantitative estimate of drug-likeness (QED) is 0.684. The highest BCUT2D eigenvalue weighted by Crippen LogP contribution is 2.37. The van der Waals surface area contributed by atoms with Crippen molar-refractivity contribution in [1.29, 1.82) is 0 Å². The maximum atomic E-state index is 6.38. The second kappa shape index (κ2) is 6.77. The molecule has 0 N–H and O–H groups in total. The van der Waals surface area contributed by atoms with Crippen molar-refractivity contribution in [2.75, 3.05) is 7.11 Å². The molecule has 0 saturated carbocycles. The van der Waals surface area contributed by atoms with E-state index < -0.39 is 8.32 Å². The highest BCUT2D eigenvalue weighted by molar-refractivity contribution is 6.74. The van der Waals surface area contributed by atoms with Crippen LogP contribution in [0, 0.1) is 0 Å². The number of hydrogen-bond acceptors (Lipinski definition) is 2. The van der Waals surface area contributed by atoms with Crippen molar-refractivity contribution in [2.45, 2.75) is 64.8 Å². The topological polar surface area (TPSA) is 18.5 Å². The van der Waals surface area contributed by atoms with E-state index in [9.17, 15) is 0 Å². The van der Waals surface area contributed by atoms with E-state index in [1.165, 1.54) is 5.56 Å². The van der Waals surface area contributed by atoms with Gasteiger partial charge in [0.1, 0.15) is 5.75 Å². The standard InChI is InChI=1S/C17H30O2Si/c1-14(19-20(6,7)17(2,3)4)8-9-15-10-12-16(18-5)13-11-15/h10-14H,8-9H2,1-7H3. The fourth-order valence-electron chi connectivity index (χ4n) is 1.90. The van der Waals surface area contributed by atoms with Gasteiger partial charge < -0.3 is 9.16 Å². The molecule has 1 rings (SSSR count). The maximum Gasteiger partial charge on any atom is 0.192 e. The van der Waals surface area contributed by atoms with E-state index in [0.717, 1.165) is 18.6 Å². The molecule has 0 amide bonds. The normalized spacial score (nSPS) is 14.2. The molecule has 1 atom stereocenters. The number of hydrogen-bond donors (Lipinski definition) is 0. The third kappa shape index (κ3) is 4.95. The van der Waals surface area contributed by atoms with Crippen LogP contribution in [-0.4, -0.2) is 21.5 Å². The lowest BCUT2D eigenvalue weighted by Gasteiger charge is -2.38. The Bertz CT molecular complexity index is 404. The summed E-state index contributed by atoms with van der Waals surface area (Å²) in [5.41, 5.74) is 1.34. The molecule has 0 radical (unpaired) electrons. The fraction of sp³-hybridized carbons (Fsp3) is 0.647. The van der Waals surface area contributed by atoms with Crippen LogP contribution < -0.4 is 4.74 Å². The largest absolute Gasteiger partial charge is 0.497 e. The van der Waals surface area contributed by atoms with Crippen molar-refractivity contribution in [3.8, 4) is 5.75 Å². The molecule has 1 aromatic carbocycles. The van der Waals surface area contributed by atoms with Crippen LogP contribution in [-0.2, 0) is 10.8 Å². The first-order valence-electron chi connectivity index (χ1n) is 7.46. The molecule has 114 valence electrons. The highest BCUT2D eigenvalue weighted by Gasteiger charge is 2.38. The molecule has 0 aliphatic heterocycles. The number of benzene rings is 1. The summed E-state index contributed by atoms with van der Waals surface area (Å²) in [4.78, 5) is 0. The Labute approximate surface area is 125 Å². The third-order valence-corrected chi connectivity index (χ3v) is 8.90.